The first kappa shape index (κ1) is 15.3. The lowest BCUT2D eigenvalue weighted by atomic mass is 9.95. The average Bonchev–Trinajstić information content (AvgIpc) is 2.42. The summed E-state index contributed by atoms with van der Waals surface area (Å²) in [6, 6.07) is 2.41. The van der Waals surface area contributed by atoms with Crippen LogP contribution in [0.5, 0.6) is 0 Å². The molecule has 19 heavy (non-hydrogen) atoms. The summed E-state index contributed by atoms with van der Waals surface area (Å²) in [6.45, 7) is 11.2. The van der Waals surface area contributed by atoms with Crippen LogP contribution < -0.4 is 0 Å². The normalized spacial score (nSPS) is 31.1. The molecular weight excluding hydrogens is 232 g/mol. The summed E-state index contributed by atoms with van der Waals surface area (Å²) < 4.78 is 0. The fourth-order valence-corrected chi connectivity index (χ4v) is 4.02. The summed E-state index contributed by atoms with van der Waals surface area (Å²) in [5.74, 6) is 0. The zero-order valence-electron chi connectivity index (χ0n) is 13.4. The fraction of sp³-hybridized carbons (Fsp3) is 1.00. The lowest BCUT2D eigenvalue weighted by Gasteiger charge is -2.49. The summed E-state index contributed by atoms with van der Waals surface area (Å²) in [4.78, 5) is 5.56. The fourth-order valence-electron chi connectivity index (χ4n) is 4.02. The molecule has 0 N–H and O–H groups in total. The molecule has 2 rings (SSSR count). The van der Waals surface area contributed by atoms with Crippen molar-refractivity contribution in [3.8, 4) is 0 Å². The zero-order valence-corrected chi connectivity index (χ0v) is 13.4. The van der Waals surface area contributed by atoms with Crippen molar-refractivity contribution in [2.45, 2.75) is 90.3 Å². The van der Waals surface area contributed by atoms with E-state index in [1.54, 1.807) is 0 Å². The summed E-state index contributed by atoms with van der Waals surface area (Å²) >= 11 is 0. The van der Waals surface area contributed by atoms with Crippen LogP contribution in [0.4, 0.5) is 0 Å². The third-order valence-electron chi connectivity index (χ3n) is 5.28. The minimum Gasteiger partial charge on any atom is -0.298 e. The Bertz CT molecular complexity index is 254. The van der Waals surface area contributed by atoms with Crippen molar-refractivity contribution in [1.29, 1.82) is 0 Å². The first-order chi connectivity index (χ1) is 9.22. The van der Waals surface area contributed by atoms with E-state index in [2.05, 4.69) is 30.6 Å². The van der Waals surface area contributed by atoms with Crippen molar-refractivity contribution in [3.63, 3.8) is 0 Å². The van der Waals surface area contributed by atoms with Crippen molar-refractivity contribution >= 4 is 0 Å². The van der Waals surface area contributed by atoms with E-state index in [1.807, 2.05) is 0 Å². The molecule has 2 saturated heterocycles. The Labute approximate surface area is 120 Å². The topological polar surface area (TPSA) is 6.48 Å². The second kappa shape index (κ2) is 7.64. The van der Waals surface area contributed by atoms with Gasteiger partial charge in [-0.1, -0.05) is 39.0 Å². The Hall–Kier alpha value is -0.0800. The molecule has 0 bridgehead atoms. The maximum atomic E-state index is 2.80. The zero-order chi connectivity index (χ0) is 13.7. The van der Waals surface area contributed by atoms with Crippen LogP contribution in [0.15, 0.2) is 0 Å². The first-order valence-electron chi connectivity index (χ1n) is 8.72. The van der Waals surface area contributed by atoms with Crippen LogP contribution in [0.25, 0.3) is 0 Å². The molecule has 3 unspecified atom stereocenters. The van der Waals surface area contributed by atoms with Gasteiger partial charge in [0, 0.05) is 31.2 Å². The number of piperazine rings is 1. The lowest BCUT2D eigenvalue weighted by Crippen LogP contribution is -2.60. The van der Waals surface area contributed by atoms with Gasteiger partial charge in [-0.25, -0.2) is 0 Å². The van der Waals surface area contributed by atoms with Crippen LogP contribution >= 0.6 is 0 Å². The van der Waals surface area contributed by atoms with Gasteiger partial charge in [-0.05, 0) is 39.7 Å². The highest BCUT2D eigenvalue weighted by atomic mass is 15.3. The van der Waals surface area contributed by atoms with Crippen molar-refractivity contribution in [2.24, 2.45) is 0 Å². The van der Waals surface area contributed by atoms with Crippen LogP contribution in [0.1, 0.15) is 72.1 Å². The number of nitrogens with zero attached hydrogens (tertiary/aromatic N) is 2. The van der Waals surface area contributed by atoms with Gasteiger partial charge in [0.2, 0.25) is 0 Å². The molecule has 2 heteroatoms. The maximum absolute atomic E-state index is 2.80. The minimum absolute atomic E-state index is 0.760. The molecule has 0 saturated carbocycles. The van der Waals surface area contributed by atoms with Gasteiger partial charge in [-0.15, -0.1) is 0 Å². The van der Waals surface area contributed by atoms with E-state index in [-0.39, 0.29) is 0 Å². The predicted molar refractivity (Wildman–Crippen MR) is 83.6 cm³/mol. The molecule has 0 aromatic heterocycles. The van der Waals surface area contributed by atoms with Gasteiger partial charge >= 0.3 is 0 Å². The van der Waals surface area contributed by atoms with Crippen molar-refractivity contribution in [1.82, 2.24) is 9.80 Å². The standard InChI is InChI=1S/C17H34N2/c1-4-5-6-7-10-15(2)19-14-17-11-8-9-12-18(17)13-16(19)3/h15-17H,4-14H2,1-3H3. The monoisotopic (exact) mass is 266 g/mol. The van der Waals surface area contributed by atoms with Crippen molar-refractivity contribution < 1.29 is 0 Å². The molecule has 112 valence electrons. The average molecular weight is 266 g/mol. The molecular formula is C17H34N2. The SMILES string of the molecule is CCCCCCC(C)N1CC2CCCCN2CC1C. The van der Waals surface area contributed by atoms with E-state index in [4.69, 9.17) is 0 Å². The Morgan fingerprint density at radius 2 is 1.95 bits per heavy atom. The summed E-state index contributed by atoms with van der Waals surface area (Å²) in [5, 5.41) is 0. The van der Waals surface area contributed by atoms with Crippen molar-refractivity contribution in [3.05, 3.63) is 0 Å². The maximum Gasteiger partial charge on any atom is 0.0224 e. The molecule has 0 aromatic rings. The Kier molecular flexibility index (Phi) is 6.15. The third-order valence-corrected chi connectivity index (χ3v) is 5.28. The van der Waals surface area contributed by atoms with Gasteiger partial charge in [-0.3, -0.25) is 9.80 Å². The Morgan fingerprint density at radius 3 is 2.74 bits per heavy atom. The van der Waals surface area contributed by atoms with Gasteiger partial charge < -0.3 is 0 Å². The van der Waals surface area contributed by atoms with Gasteiger partial charge in [0.25, 0.3) is 0 Å². The molecule has 2 nitrogen and oxygen atoms in total. The van der Waals surface area contributed by atoms with Crippen LogP contribution in [0.3, 0.4) is 0 Å². The van der Waals surface area contributed by atoms with E-state index < -0.39 is 0 Å². The van der Waals surface area contributed by atoms with Crippen LogP contribution in [-0.4, -0.2) is 47.6 Å². The van der Waals surface area contributed by atoms with E-state index in [0.29, 0.717) is 0 Å². The summed E-state index contributed by atoms with van der Waals surface area (Å²) in [6.07, 6.45) is 11.3. The number of hydrogen-bond donors (Lipinski definition) is 0. The highest BCUT2D eigenvalue weighted by Gasteiger charge is 2.34. The van der Waals surface area contributed by atoms with Crippen LogP contribution in [0.2, 0.25) is 0 Å². The van der Waals surface area contributed by atoms with E-state index in [1.165, 1.54) is 71.0 Å². The molecule has 3 atom stereocenters. The Balaban J connectivity index is 1.78. The molecule has 0 aromatic carbocycles. The Morgan fingerprint density at radius 1 is 1.11 bits per heavy atom. The highest BCUT2D eigenvalue weighted by Crippen LogP contribution is 2.26. The lowest BCUT2D eigenvalue weighted by molar-refractivity contribution is -0.00609. The van der Waals surface area contributed by atoms with Crippen LogP contribution in [-0.2, 0) is 0 Å². The molecule has 0 amide bonds. The van der Waals surface area contributed by atoms with E-state index in [0.717, 1.165) is 18.1 Å². The predicted octanol–water partition coefficient (Wildman–Crippen LogP) is 3.90. The highest BCUT2D eigenvalue weighted by molar-refractivity contribution is 4.90. The number of fused-ring (bicyclic) bond motifs is 1. The molecule has 2 aliphatic rings. The van der Waals surface area contributed by atoms with E-state index >= 15 is 0 Å². The first-order valence-corrected chi connectivity index (χ1v) is 8.72. The smallest absolute Gasteiger partial charge is 0.0224 e. The minimum atomic E-state index is 0.760. The second-order valence-corrected chi connectivity index (χ2v) is 6.89. The van der Waals surface area contributed by atoms with Gasteiger partial charge in [0.15, 0.2) is 0 Å². The number of piperidine rings is 1. The van der Waals surface area contributed by atoms with E-state index in [9.17, 15) is 0 Å². The molecule has 2 fully saturated rings. The molecule has 0 spiro atoms. The quantitative estimate of drug-likeness (QED) is 0.673. The summed E-state index contributed by atoms with van der Waals surface area (Å²) in [7, 11) is 0. The largest absolute Gasteiger partial charge is 0.298 e. The second-order valence-electron chi connectivity index (χ2n) is 6.89. The number of hydrogen-bond acceptors (Lipinski definition) is 2. The number of unbranched alkanes of at least 4 members (excludes halogenated alkanes) is 3. The number of rotatable bonds is 6. The molecule has 2 heterocycles. The summed E-state index contributed by atoms with van der Waals surface area (Å²) in [5.41, 5.74) is 0. The molecule has 2 aliphatic heterocycles. The van der Waals surface area contributed by atoms with Crippen molar-refractivity contribution in [2.75, 3.05) is 19.6 Å². The van der Waals surface area contributed by atoms with Gasteiger partial charge in [0.05, 0.1) is 0 Å². The molecule has 0 aliphatic carbocycles. The van der Waals surface area contributed by atoms with Gasteiger partial charge in [-0.2, -0.15) is 0 Å². The van der Waals surface area contributed by atoms with Crippen LogP contribution in [0, 0.1) is 0 Å². The van der Waals surface area contributed by atoms with Gasteiger partial charge in [0.1, 0.15) is 0 Å². The third kappa shape index (κ3) is 4.19. The molecule has 0 radical (unpaired) electrons.